The third-order valence-corrected chi connectivity index (χ3v) is 4.29. The lowest BCUT2D eigenvalue weighted by atomic mass is 9.95. The summed E-state index contributed by atoms with van der Waals surface area (Å²) in [6.07, 6.45) is 1.56. The lowest BCUT2D eigenvalue weighted by Gasteiger charge is -2.34. The van der Waals surface area contributed by atoms with Crippen LogP contribution in [0.25, 0.3) is 0 Å². The van der Waals surface area contributed by atoms with Crippen LogP contribution in [0.15, 0.2) is 0 Å². The summed E-state index contributed by atoms with van der Waals surface area (Å²) < 4.78 is 10.5. The van der Waals surface area contributed by atoms with E-state index in [2.05, 4.69) is 10.7 Å². The molecule has 1 unspecified atom stereocenters. The number of carbonyl (C=O) groups is 3. The molecule has 0 aromatic heterocycles. The summed E-state index contributed by atoms with van der Waals surface area (Å²) in [4.78, 5) is 37.3. The van der Waals surface area contributed by atoms with Crippen LogP contribution in [0.3, 0.4) is 0 Å². The smallest absolute Gasteiger partial charge is 0.429 e. The topological polar surface area (TPSA) is 117 Å². The molecule has 0 aliphatic heterocycles. The third-order valence-electron chi connectivity index (χ3n) is 4.29. The van der Waals surface area contributed by atoms with Crippen LogP contribution in [0.5, 0.6) is 0 Å². The number of ether oxygens (including phenoxy) is 2. The molecule has 1 aliphatic rings. The maximum atomic E-state index is 12.6. The molecule has 3 N–H and O–H groups in total. The van der Waals surface area contributed by atoms with E-state index in [1.807, 2.05) is 0 Å². The zero-order valence-electron chi connectivity index (χ0n) is 18.7. The molecule has 0 spiro atoms. The van der Waals surface area contributed by atoms with Gasteiger partial charge in [0.2, 0.25) is 0 Å². The van der Waals surface area contributed by atoms with Crippen molar-refractivity contribution in [3.8, 4) is 0 Å². The standard InChI is InChI=1S/C20H37N3O6/c1-13(15(24)16(25)21-14-11-9-8-10-12-14)23(18(27)29-20(5,6)7)22-17(26)28-19(2,3)4/h13-15,24H,8-12H2,1-7H3,(H,21,25)(H,22,26)/t13-,15?/m1/s1. The molecule has 1 fully saturated rings. The molecule has 168 valence electrons. The van der Waals surface area contributed by atoms with E-state index in [0.29, 0.717) is 0 Å². The Hall–Kier alpha value is -2.03. The predicted octanol–water partition coefficient (Wildman–Crippen LogP) is 2.86. The van der Waals surface area contributed by atoms with Gasteiger partial charge in [-0.3, -0.25) is 4.79 Å². The number of nitrogens with zero attached hydrogens (tertiary/aromatic N) is 1. The van der Waals surface area contributed by atoms with E-state index in [4.69, 9.17) is 9.47 Å². The predicted molar refractivity (Wildman–Crippen MR) is 108 cm³/mol. The van der Waals surface area contributed by atoms with E-state index in [-0.39, 0.29) is 6.04 Å². The molecule has 0 heterocycles. The highest BCUT2D eigenvalue weighted by molar-refractivity contribution is 5.83. The van der Waals surface area contributed by atoms with Gasteiger partial charge in [-0.2, -0.15) is 0 Å². The Bertz CT molecular complexity index is 576. The van der Waals surface area contributed by atoms with Crippen LogP contribution in [0.2, 0.25) is 0 Å². The first-order valence-electron chi connectivity index (χ1n) is 10.2. The van der Waals surface area contributed by atoms with Gasteiger partial charge in [0.1, 0.15) is 11.2 Å². The highest BCUT2D eigenvalue weighted by atomic mass is 16.6. The minimum atomic E-state index is -1.56. The van der Waals surface area contributed by atoms with Crippen molar-refractivity contribution >= 4 is 18.1 Å². The fourth-order valence-corrected chi connectivity index (χ4v) is 2.92. The SMILES string of the molecule is C[C@H](C(O)C(=O)NC1CCCCC1)N(NC(=O)OC(C)(C)C)C(=O)OC(C)(C)C. The Morgan fingerprint density at radius 1 is 0.966 bits per heavy atom. The number of aliphatic hydroxyl groups is 1. The Kier molecular flexibility index (Phi) is 8.74. The first-order valence-corrected chi connectivity index (χ1v) is 10.2. The molecule has 1 aliphatic carbocycles. The normalized spacial score (nSPS) is 17.7. The zero-order chi connectivity index (χ0) is 22.4. The Morgan fingerprint density at radius 3 is 1.97 bits per heavy atom. The van der Waals surface area contributed by atoms with Gasteiger partial charge in [0, 0.05) is 6.04 Å². The van der Waals surface area contributed by atoms with E-state index in [1.54, 1.807) is 41.5 Å². The van der Waals surface area contributed by atoms with Crippen molar-refractivity contribution in [2.75, 3.05) is 0 Å². The first kappa shape index (κ1) is 25.0. The molecule has 1 rings (SSSR count). The van der Waals surface area contributed by atoms with Crippen LogP contribution in [-0.2, 0) is 14.3 Å². The Morgan fingerprint density at radius 2 is 1.48 bits per heavy atom. The largest absolute Gasteiger partial charge is 0.443 e. The average Bonchev–Trinajstić information content (AvgIpc) is 2.56. The molecule has 0 saturated heterocycles. The van der Waals surface area contributed by atoms with Crippen LogP contribution in [-0.4, -0.2) is 57.6 Å². The van der Waals surface area contributed by atoms with E-state index in [1.165, 1.54) is 6.92 Å². The molecule has 2 atom stereocenters. The monoisotopic (exact) mass is 415 g/mol. The first-order chi connectivity index (χ1) is 13.2. The average molecular weight is 416 g/mol. The molecular weight excluding hydrogens is 378 g/mol. The second kappa shape index (κ2) is 10.1. The van der Waals surface area contributed by atoms with Gasteiger partial charge in [0.25, 0.3) is 5.91 Å². The molecular formula is C20H37N3O6. The van der Waals surface area contributed by atoms with Crippen molar-refractivity contribution in [3.63, 3.8) is 0 Å². The minimum Gasteiger partial charge on any atom is -0.443 e. The van der Waals surface area contributed by atoms with Gasteiger partial charge >= 0.3 is 12.2 Å². The summed E-state index contributed by atoms with van der Waals surface area (Å²) in [5.41, 5.74) is 0.672. The number of rotatable bonds is 4. The summed E-state index contributed by atoms with van der Waals surface area (Å²) in [5, 5.41) is 14.1. The molecule has 0 aromatic rings. The van der Waals surface area contributed by atoms with Crippen LogP contribution >= 0.6 is 0 Å². The number of carbonyl (C=O) groups excluding carboxylic acids is 3. The number of aliphatic hydroxyl groups excluding tert-OH is 1. The molecule has 9 heteroatoms. The van der Waals surface area contributed by atoms with Gasteiger partial charge in [-0.05, 0) is 61.3 Å². The third kappa shape index (κ3) is 9.34. The van der Waals surface area contributed by atoms with Crippen LogP contribution in [0.1, 0.15) is 80.6 Å². The summed E-state index contributed by atoms with van der Waals surface area (Å²) in [5.74, 6) is -0.594. The van der Waals surface area contributed by atoms with Crippen molar-refractivity contribution in [3.05, 3.63) is 0 Å². The summed E-state index contributed by atoms with van der Waals surface area (Å²) in [6, 6.07) is -1.08. The second-order valence-corrected chi connectivity index (χ2v) is 9.49. The second-order valence-electron chi connectivity index (χ2n) is 9.49. The zero-order valence-corrected chi connectivity index (χ0v) is 18.7. The van der Waals surface area contributed by atoms with Crippen molar-refractivity contribution in [1.29, 1.82) is 0 Å². The fourth-order valence-electron chi connectivity index (χ4n) is 2.92. The maximum absolute atomic E-state index is 12.6. The highest BCUT2D eigenvalue weighted by Crippen LogP contribution is 2.18. The van der Waals surface area contributed by atoms with E-state index >= 15 is 0 Å². The van der Waals surface area contributed by atoms with Gasteiger partial charge in [-0.1, -0.05) is 19.3 Å². The number of nitrogens with one attached hydrogen (secondary N) is 2. The van der Waals surface area contributed by atoms with Crippen molar-refractivity contribution in [1.82, 2.24) is 15.8 Å². The highest BCUT2D eigenvalue weighted by Gasteiger charge is 2.36. The van der Waals surface area contributed by atoms with Gasteiger partial charge in [0.15, 0.2) is 6.10 Å². The van der Waals surface area contributed by atoms with Crippen molar-refractivity contribution in [2.24, 2.45) is 0 Å². The van der Waals surface area contributed by atoms with Gasteiger partial charge in [-0.25, -0.2) is 20.0 Å². The Balaban J connectivity index is 2.88. The van der Waals surface area contributed by atoms with E-state index in [9.17, 15) is 19.5 Å². The molecule has 1 saturated carbocycles. The molecule has 0 radical (unpaired) electrons. The lowest BCUT2D eigenvalue weighted by molar-refractivity contribution is -0.134. The molecule has 3 amide bonds. The van der Waals surface area contributed by atoms with Crippen molar-refractivity contribution < 1.29 is 29.0 Å². The van der Waals surface area contributed by atoms with Gasteiger partial charge in [-0.15, -0.1) is 0 Å². The maximum Gasteiger partial charge on any atom is 0.429 e. The molecule has 0 bridgehead atoms. The number of amides is 3. The summed E-state index contributed by atoms with van der Waals surface area (Å²) >= 11 is 0. The molecule has 29 heavy (non-hydrogen) atoms. The van der Waals surface area contributed by atoms with E-state index in [0.717, 1.165) is 37.1 Å². The number of hydrazine groups is 1. The lowest BCUT2D eigenvalue weighted by Crippen LogP contribution is -2.59. The minimum absolute atomic E-state index is 0.00638. The number of hydrogen-bond acceptors (Lipinski definition) is 6. The summed E-state index contributed by atoms with van der Waals surface area (Å²) in [7, 11) is 0. The molecule has 9 nitrogen and oxygen atoms in total. The van der Waals surface area contributed by atoms with Crippen molar-refractivity contribution in [2.45, 2.75) is 110 Å². The van der Waals surface area contributed by atoms with Crippen LogP contribution < -0.4 is 10.7 Å². The van der Waals surface area contributed by atoms with Gasteiger partial charge < -0.3 is 19.9 Å². The molecule has 0 aromatic carbocycles. The van der Waals surface area contributed by atoms with E-state index < -0.39 is 41.4 Å². The quantitative estimate of drug-likeness (QED) is 0.608. The van der Waals surface area contributed by atoms with Crippen LogP contribution in [0, 0.1) is 0 Å². The number of hydrogen-bond donors (Lipinski definition) is 3. The Labute approximate surface area is 173 Å². The van der Waals surface area contributed by atoms with Crippen LogP contribution in [0.4, 0.5) is 9.59 Å². The fraction of sp³-hybridized carbons (Fsp3) is 0.850. The van der Waals surface area contributed by atoms with Gasteiger partial charge in [0.05, 0.1) is 6.04 Å². The summed E-state index contributed by atoms with van der Waals surface area (Å²) in [6.45, 7) is 11.5.